The van der Waals surface area contributed by atoms with E-state index >= 15 is 0 Å². The zero-order valence-corrected chi connectivity index (χ0v) is 19.5. The molecular formula is C14H18N3NaO10Tc. The molecule has 0 aromatic carbocycles. The van der Waals surface area contributed by atoms with Crippen molar-refractivity contribution in [2.24, 2.45) is 0 Å². The molecule has 0 rings (SSSR count). The fourth-order valence-corrected chi connectivity index (χ4v) is 2.18. The van der Waals surface area contributed by atoms with Crippen LogP contribution >= 0.6 is 0 Å². The van der Waals surface area contributed by atoms with Crippen molar-refractivity contribution in [3.05, 3.63) is 0 Å². The minimum absolute atomic E-state index is 0. The molecule has 0 N–H and O–H groups in total. The Bertz CT molecular complexity index is 494. The van der Waals surface area contributed by atoms with Gasteiger partial charge in [0.2, 0.25) is 0 Å². The van der Waals surface area contributed by atoms with Gasteiger partial charge in [0.25, 0.3) is 0 Å². The third kappa shape index (κ3) is 19.9. The summed E-state index contributed by atoms with van der Waals surface area (Å²) in [6.07, 6.45) is 0. The van der Waals surface area contributed by atoms with Crippen LogP contribution < -0.4 is 55.1 Å². The molecule has 0 aromatic heterocycles. The van der Waals surface area contributed by atoms with Gasteiger partial charge in [-0.1, -0.05) is 0 Å². The molecule has 157 valence electrons. The Morgan fingerprint density at radius 1 is 0.448 bits per heavy atom. The summed E-state index contributed by atoms with van der Waals surface area (Å²) in [5.74, 6) is -7.67. The topological polar surface area (TPSA) is 210 Å². The molecule has 0 atom stereocenters. The van der Waals surface area contributed by atoms with Crippen molar-refractivity contribution >= 4 is 29.8 Å². The first-order valence-corrected chi connectivity index (χ1v) is 7.66. The molecule has 0 saturated carbocycles. The fraction of sp³-hybridized carbons (Fsp3) is 0.643. The maximum Gasteiger partial charge on any atom is 4.00 e. The van der Waals surface area contributed by atoms with Crippen LogP contribution in [-0.4, -0.2) is 103 Å². The molecule has 0 aliphatic rings. The summed E-state index contributed by atoms with van der Waals surface area (Å²) in [7, 11) is 0. The number of rotatable bonds is 16. The van der Waals surface area contributed by atoms with Crippen molar-refractivity contribution in [1.29, 1.82) is 0 Å². The second-order valence-corrected chi connectivity index (χ2v) is 5.56. The van der Waals surface area contributed by atoms with Gasteiger partial charge >= 0.3 is 49.7 Å². The molecule has 0 spiro atoms. The van der Waals surface area contributed by atoms with Gasteiger partial charge in [-0.05, 0) is 0 Å². The molecule has 0 aromatic rings. The molecule has 0 amide bonds. The van der Waals surface area contributed by atoms with Gasteiger partial charge in [0.1, 0.15) is 0 Å². The molecule has 0 heterocycles. The molecule has 0 saturated heterocycles. The Balaban J connectivity index is -0.00000338. The Morgan fingerprint density at radius 2 is 0.621 bits per heavy atom. The van der Waals surface area contributed by atoms with E-state index < -0.39 is 62.6 Å². The maximum atomic E-state index is 10.8. The summed E-state index contributed by atoms with van der Waals surface area (Å²) in [5, 5.41) is 53.3. The number of carbonyl (C=O) groups is 5. The molecule has 13 nitrogen and oxygen atoms in total. The predicted molar refractivity (Wildman–Crippen MR) is 74.4 cm³/mol. The number of hydrogen-bond acceptors (Lipinski definition) is 13. The minimum Gasteiger partial charge on any atom is -0.549 e. The van der Waals surface area contributed by atoms with Crippen LogP contribution in [0.15, 0.2) is 0 Å². The van der Waals surface area contributed by atoms with Crippen LogP contribution in [0.3, 0.4) is 0 Å². The van der Waals surface area contributed by atoms with E-state index in [1.165, 1.54) is 4.90 Å². The Morgan fingerprint density at radius 3 is 0.828 bits per heavy atom. The van der Waals surface area contributed by atoms with Gasteiger partial charge in [-0.2, -0.15) is 0 Å². The van der Waals surface area contributed by atoms with Gasteiger partial charge in [0.05, 0.1) is 29.8 Å². The minimum atomic E-state index is -1.54. The number of hydrogen-bond donors (Lipinski definition) is 0. The third-order valence-corrected chi connectivity index (χ3v) is 3.23. The first kappa shape index (κ1) is 32.5. The predicted octanol–water partition coefficient (Wildman–Crippen LogP) is -12.4. The van der Waals surface area contributed by atoms with Crippen molar-refractivity contribution in [3.63, 3.8) is 0 Å². The standard InChI is InChI=1S/C14H23N3O10.Na.Tc/c18-10(19)5-15(1-3-16(6-11(20)21)7-12(22)23)2-4-17(8-13(24)25)9-14(26)27;;/h1-9H2,(H,18,19)(H,20,21)(H,22,23)(H,24,25)(H,26,27);;/q;+1;+4/p-5/i;;1+1. The van der Waals surface area contributed by atoms with Crippen LogP contribution in [-0.2, 0) is 44.1 Å². The Kier molecular flexibility index (Phi) is 19.9. The van der Waals surface area contributed by atoms with E-state index in [0.29, 0.717) is 0 Å². The second kappa shape index (κ2) is 17.7. The molecule has 0 bridgehead atoms. The van der Waals surface area contributed by atoms with E-state index in [2.05, 4.69) is 0 Å². The van der Waals surface area contributed by atoms with Crippen LogP contribution in [0, 0.1) is 0 Å². The molecule has 0 aliphatic heterocycles. The molecular weight excluding hydrogens is 492 g/mol. The number of carboxylic acids is 5. The summed E-state index contributed by atoms with van der Waals surface area (Å²) >= 11 is 0. The monoisotopic (exact) mass is 510 g/mol. The zero-order chi connectivity index (χ0) is 21.0. The van der Waals surface area contributed by atoms with Crippen molar-refractivity contribution in [2.75, 3.05) is 58.9 Å². The van der Waals surface area contributed by atoms with Gasteiger partial charge < -0.3 is 49.5 Å². The molecule has 0 unspecified atom stereocenters. The first-order chi connectivity index (χ1) is 12.5. The van der Waals surface area contributed by atoms with Gasteiger partial charge in [0.15, 0.2) is 0 Å². The van der Waals surface area contributed by atoms with Gasteiger partial charge in [-0.15, -0.1) is 0 Å². The molecule has 0 fully saturated rings. The van der Waals surface area contributed by atoms with Crippen LogP contribution in [0.25, 0.3) is 0 Å². The quantitative estimate of drug-likeness (QED) is 0.177. The average Bonchev–Trinajstić information content (AvgIpc) is 2.46. The number of nitrogens with zero attached hydrogens (tertiary/aromatic N) is 3. The molecule has 29 heavy (non-hydrogen) atoms. The van der Waals surface area contributed by atoms with E-state index in [1.54, 1.807) is 0 Å². The van der Waals surface area contributed by atoms with E-state index in [1.807, 2.05) is 0 Å². The normalized spacial score (nSPS) is 10.3. The van der Waals surface area contributed by atoms with Gasteiger partial charge in [-0.25, -0.2) is 0 Å². The second-order valence-electron chi connectivity index (χ2n) is 5.56. The maximum absolute atomic E-state index is 10.8. The number of aliphatic carboxylic acids is 5. The molecule has 0 aliphatic carbocycles. The average molecular weight is 510 g/mol. The van der Waals surface area contributed by atoms with Crippen LogP contribution in [0.1, 0.15) is 0 Å². The summed E-state index contributed by atoms with van der Waals surface area (Å²) < 4.78 is 0. The molecule has 1 radical (unpaired) electrons. The number of carbonyl (C=O) groups excluding carboxylic acids is 5. The van der Waals surface area contributed by atoms with E-state index in [9.17, 15) is 49.5 Å². The van der Waals surface area contributed by atoms with Crippen molar-refractivity contribution in [2.45, 2.75) is 0 Å². The largest absolute Gasteiger partial charge is 4.00 e. The summed E-state index contributed by atoms with van der Waals surface area (Å²) in [4.78, 5) is 56.4. The van der Waals surface area contributed by atoms with Crippen LogP contribution in [0.4, 0.5) is 0 Å². The Hall–Kier alpha value is -1.12. The summed E-state index contributed by atoms with van der Waals surface area (Å²) in [6, 6.07) is 0. The van der Waals surface area contributed by atoms with E-state index in [-0.39, 0.29) is 75.8 Å². The fourth-order valence-electron chi connectivity index (χ4n) is 2.18. The Labute approximate surface area is 201 Å². The van der Waals surface area contributed by atoms with E-state index in [4.69, 9.17) is 0 Å². The van der Waals surface area contributed by atoms with Crippen LogP contribution in [0.5, 0.6) is 0 Å². The van der Waals surface area contributed by atoms with Crippen molar-refractivity contribution in [1.82, 2.24) is 14.7 Å². The van der Waals surface area contributed by atoms with Crippen LogP contribution in [0.2, 0.25) is 0 Å². The van der Waals surface area contributed by atoms with Gasteiger partial charge in [-0.3, -0.25) is 14.7 Å². The van der Waals surface area contributed by atoms with Crippen molar-refractivity contribution < 1.29 is 99.2 Å². The zero-order valence-electron chi connectivity index (χ0n) is 15.7. The van der Waals surface area contributed by atoms with Crippen molar-refractivity contribution in [3.8, 4) is 0 Å². The molecule has 15 heteroatoms. The summed E-state index contributed by atoms with van der Waals surface area (Å²) in [5.41, 5.74) is 0. The first-order valence-electron chi connectivity index (χ1n) is 7.66. The smallest absolute Gasteiger partial charge is 0.549 e. The van der Waals surface area contributed by atoms with E-state index in [0.717, 1.165) is 9.80 Å². The number of carboxylic acid groups (broad SMARTS) is 5. The van der Waals surface area contributed by atoms with Gasteiger partial charge in [0, 0.05) is 58.9 Å². The third-order valence-electron chi connectivity index (χ3n) is 3.23. The SMILES string of the molecule is O=C([O-])CN(CCN(CC(=O)[O-])CC(=O)[O-])CCN(CC(=O)[O-])CC(=O)[O-].[99Tc+4].[Na+]. The summed E-state index contributed by atoms with van der Waals surface area (Å²) in [6.45, 7) is -4.16.